The molecule has 31 heavy (non-hydrogen) atoms. The van der Waals surface area contributed by atoms with Gasteiger partial charge in [0.05, 0.1) is 21.8 Å². The minimum atomic E-state index is -1.32. The summed E-state index contributed by atoms with van der Waals surface area (Å²) in [7, 11) is 0. The summed E-state index contributed by atoms with van der Waals surface area (Å²) >= 11 is 5.72. The van der Waals surface area contributed by atoms with Gasteiger partial charge in [-0.05, 0) is 37.1 Å². The Bertz CT molecular complexity index is 1080. The molecule has 162 valence electrons. The Hall–Kier alpha value is -3.53. The molecule has 0 aromatic heterocycles. The third-order valence-electron chi connectivity index (χ3n) is 4.69. The zero-order valence-corrected chi connectivity index (χ0v) is 16.6. The maximum atomic E-state index is 13.4. The number of carbonyl (C=O) groups excluding carboxylic acids is 3. The number of hydrogen-bond acceptors (Lipinski definition) is 4. The average molecular weight is 452 g/mol. The Labute approximate surface area is 179 Å². The fourth-order valence-electron chi connectivity index (χ4n) is 3.22. The van der Waals surface area contributed by atoms with Crippen LogP contribution in [0.2, 0.25) is 5.02 Å². The van der Waals surface area contributed by atoms with E-state index in [9.17, 15) is 33.1 Å². The molecule has 1 aliphatic heterocycles. The Morgan fingerprint density at radius 1 is 1.06 bits per heavy atom. The van der Waals surface area contributed by atoms with Crippen LogP contribution in [-0.2, 0) is 4.79 Å². The van der Waals surface area contributed by atoms with Gasteiger partial charge in [0.2, 0.25) is 0 Å². The van der Waals surface area contributed by atoms with E-state index in [2.05, 4.69) is 5.32 Å². The van der Waals surface area contributed by atoms with E-state index in [1.54, 1.807) is 0 Å². The minimum absolute atomic E-state index is 0.0316. The van der Waals surface area contributed by atoms with Crippen molar-refractivity contribution >= 4 is 41.1 Å². The average Bonchev–Trinajstić information content (AvgIpc) is 3.20. The van der Waals surface area contributed by atoms with Crippen molar-refractivity contribution in [2.45, 2.75) is 18.9 Å². The Morgan fingerprint density at radius 3 is 2.45 bits per heavy atom. The number of carboxylic acid groups (broad SMARTS) is 1. The first kappa shape index (κ1) is 22.2. The fourth-order valence-corrected chi connectivity index (χ4v) is 3.46. The summed E-state index contributed by atoms with van der Waals surface area (Å²) in [6.07, 6.45) is 0.850. The molecule has 11 heteroatoms. The van der Waals surface area contributed by atoms with Gasteiger partial charge in [0.15, 0.2) is 11.6 Å². The number of aliphatic carboxylic acids is 1. The molecule has 3 rings (SSSR count). The van der Waals surface area contributed by atoms with Crippen LogP contribution in [0.5, 0.6) is 0 Å². The maximum absolute atomic E-state index is 13.4. The summed E-state index contributed by atoms with van der Waals surface area (Å²) in [6, 6.07) is 5.00. The van der Waals surface area contributed by atoms with Crippen LogP contribution in [0.3, 0.4) is 0 Å². The third-order valence-corrected chi connectivity index (χ3v) is 5.00. The summed E-state index contributed by atoms with van der Waals surface area (Å²) in [5.74, 6) is -5.36. The van der Waals surface area contributed by atoms with E-state index in [-0.39, 0.29) is 17.8 Å². The number of nitrogens with zero attached hydrogens (tertiary/aromatic N) is 1. The van der Waals surface area contributed by atoms with Gasteiger partial charge in [-0.15, -0.1) is 0 Å². The van der Waals surface area contributed by atoms with Crippen molar-refractivity contribution in [1.82, 2.24) is 10.2 Å². The second-order valence-corrected chi connectivity index (χ2v) is 7.10. The number of rotatable bonds is 4. The first-order chi connectivity index (χ1) is 14.7. The largest absolute Gasteiger partial charge is 0.480 e. The van der Waals surface area contributed by atoms with Crippen LogP contribution in [0.4, 0.5) is 19.3 Å². The van der Waals surface area contributed by atoms with Gasteiger partial charge in [0.25, 0.3) is 11.8 Å². The number of carbonyl (C=O) groups is 4. The van der Waals surface area contributed by atoms with Gasteiger partial charge in [-0.3, -0.25) is 14.9 Å². The van der Waals surface area contributed by atoms with Gasteiger partial charge in [-0.25, -0.2) is 18.4 Å². The molecule has 0 bridgehead atoms. The standard InChI is InChI=1S/C20H16ClF2N3O5/c21-12-9-14(23)13(22)8-11(12)17(27)25-20(31)24-15-5-2-1-4-10(15)18(28)26-7-3-6-16(26)19(29)30/h1-2,4-5,8-9,16H,3,6-7H2,(H,29,30)(H2,24,25,27,31). The zero-order chi connectivity index (χ0) is 22.7. The van der Waals surface area contributed by atoms with Crippen molar-refractivity contribution in [3.63, 3.8) is 0 Å². The van der Waals surface area contributed by atoms with Gasteiger partial charge in [-0.1, -0.05) is 23.7 Å². The van der Waals surface area contributed by atoms with Crippen LogP contribution in [0, 0.1) is 11.6 Å². The molecule has 0 saturated carbocycles. The van der Waals surface area contributed by atoms with E-state index in [0.29, 0.717) is 25.0 Å². The molecule has 1 fully saturated rings. The maximum Gasteiger partial charge on any atom is 0.326 e. The fraction of sp³-hybridized carbons (Fsp3) is 0.200. The molecular weight excluding hydrogens is 436 g/mol. The molecule has 8 nitrogen and oxygen atoms in total. The first-order valence-corrected chi connectivity index (χ1v) is 9.46. The topological polar surface area (TPSA) is 116 Å². The number of imide groups is 1. The van der Waals surface area contributed by atoms with Crippen molar-refractivity contribution in [2.24, 2.45) is 0 Å². The van der Waals surface area contributed by atoms with E-state index in [1.807, 2.05) is 5.32 Å². The number of nitrogens with one attached hydrogen (secondary N) is 2. The Morgan fingerprint density at radius 2 is 1.74 bits per heavy atom. The van der Waals surface area contributed by atoms with Gasteiger partial charge in [-0.2, -0.15) is 0 Å². The van der Waals surface area contributed by atoms with Crippen LogP contribution in [-0.4, -0.2) is 46.4 Å². The molecule has 0 aliphatic carbocycles. The molecule has 0 radical (unpaired) electrons. The summed E-state index contributed by atoms with van der Waals surface area (Å²) in [5.41, 5.74) is -0.393. The van der Waals surface area contributed by atoms with E-state index >= 15 is 0 Å². The van der Waals surface area contributed by atoms with Crippen LogP contribution < -0.4 is 10.6 Å². The van der Waals surface area contributed by atoms with Gasteiger partial charge >= 0.3 is 12.0 Å². The molecule has 1 atom stereocenters. The molecule has 0 spiro atoms. The number of para-hydroxylation sites is 1. The zero-order valence-electron chi connectivity index (χ0n) is 15.8. The predicted molar refractivity (Wildman–Crippen MR) is 106 cm³/mol. The van der Waals surface area contributed by atoms with Gasteiger partial charge < -0.3 is 15.3 Å². The quantitative estimate of drug-likeness (QED) is 0.617. The molecule has 1 unspecified atom stereocenters. The molecular formula is C20H16ClF2N3O5. The van der Waals surface area contributed by atoms with Crippen molar-refractivity contribution in [3.05, 3.63) is 64.2 Å². The minimum Gasteiger partial charge on any atom is -0.480 e. The summed E-state index contributed by atoms with van der Waals surface area (Å²) in [5, 5.41) is 13.1. The van der Waals surface area contributed by atoms with Crippen molar-refractivity contribution < 1.29 is 33.1 Å². The molecule has 4 amide bonds. The molecule has 1 aliphatic rings. The lowest BCUT2D eigenvalue weighted by atomic mass is 10.1. The van der Waals surface area contributed by atoms with Gasteiger partial charge in [0, 0.05) is 6.54 Å². The number of amides is 4. The second kappa shape index (κ2) is 9.09. The summed E-state index contributed by atoms with van der Waals surface area (Å²) < 4.78 is 26.5. The second-order valence-electron chi connectivity index (χ2n) is 6.69. The number of benzene rings is 2. The molecule has 3 N–H and O–H groups in total. The SMILES string of the molecule is O=C(NC(=O)c1cc(F)c(F)cc1Cl)Nc1ccccc1C(=O)N1CCCC1C(=O)O. The number of halogens is 3. The van der Waals surface area contributed by atoms with E-state index in [4.69, 9.17) is 11.6 Å². The first-order valence-electron chi connectivity index (χ1n) is 9.08. The molecule has 2 aromatic carbocycles. The summed E-state index contributed by atoms with van der Waals surface area (Å²) in [6.45, 7) is 0.253. The number of hydrogen-bond donors (Lipinski definition) is 3. The smallest absolute Gasteiger partial charge is 0.326 e. The monoisotopic (exact) mass is 451 g/mol. The van der Waals surface area contributed by atoms with Crippen molar-refractivity contribution in [3.8, 4) is 0 Å². The molecule has 1 heterocycles. The van der Waals surface area contributed by atoms with Crippen LogP contribution in [0.1, 0.15) is 33.6 Å². The Balaban J connectivity index is 1.76. The van der Waals surface area contributed by atoms with E-state index in [0.717, 1.165) is 0 Å². The number of carboxylic acids is 1. The molecule has 1 saturated heterocycles. The highest BCUT2D eigenvalue weighted by Crippen LogP contribution is 2.24. The van der Waals surface area contributed by atoms with Crippen LogP contribution in [0.15, 0.2) is 36.4 Å². The lowest BCUT2D eigenvalue weighted by Gasteiger charge is -2.22. The third kappa shape index (κ3) is 4.80. The highest BCUT2D eigenvalue weighted by molar-refractivity contribution is 6.34. The highest BCUT2D eigenvalue weighted by Gasteiger charge is 2.35. The molecule has 2 aromatic rings. The lowest BCUT2D eigenvalue weighted by molar-refractivity contribution is -0.141. The number of likely N-dealkylation sites (tertiary alicyclic amines) is 1. The van der Waals surface area contributed by atoms with Crippen LogP contribution >= 0.6 is 11.6 Å². The van der Waals surface area contributed by atoms with E-state index < -0.39 is 52.1 Å². The lowest BCUT2D eigenvalue weighted by Crippen LogP contribution is -2.41. The number of urea groups is 1. The van der Waals surface area contributed by atoms with E-state index in [1.165, 1.54) is 29.2 Å². The van der Waals surface area contributed by atoms with Crippen molar-refractivity contribution in [2.75, 3.05) is 11.9 Å². The van der Waals surface area contributed by atoms with Gasteiger partial charge in [0.1, 0.15) is 6.04 Å². The Kier molecular flexibility index (Phi) is 6.50. The highest BCUT2D eigenvalue weighted by atomic mass is 35.5. The van der Waals surface area contributed by atoms with Crippen LogP contribution in [0.25, 0.3) is 0 Å². The summed E-state index contributed by atoms with van der Waals surface area (Å²) in [4.78, 5) is 49.9. The predicted octanol–water partition coefficient (Wildman–Crippen LogP) is 3.27. The number of anilines is 1. The normalized spacial score (nSPS) is 15.5. The van der Waals surface area contributed by atoms with Crippen molar-refractivity contribution in [1.29, 1.82) is 0 Å².